The van der Waals surface area contributed by atoms with E-state index in [9.17, 15) is 4.57 Å². The molecule has 5 heteroatoms. The normalized spacial score (nSPS) is 11.7. The fourth-order valence-corrected chi connectivity index (χ4v) is 1.07. The first kappa shape index (κ1) is 13.0. The van der Waals surface area contributed by atoms with Crippen molar-refractivity contribution in [3.63, 3.8) is 0 Å². The van der Waals surface area contributed by atoms with E-state index >= 15 is 0 Å². The smallest absolute Gasteiger partial charge is 0.187 e. The van der Waals surface area contributed by atoms with Gasteiger partial charge in [0.05, 0.1) is 11.3 Å². The summed E-state index contributed by atoms with van der Waals surface area (Å²) in [6.45, 7) is 5.01. The van der Waals surface area contributed by atoms with E-state index < -0.39 is 8.25 Å². The van der Waals surface area contributed by atoms with Crippen molar-refractivity contribution in [1.29, 1.82) is 0 Å². The standard InChI is InChI=1S/C8H18O4P/c1-3-5-7-10-12-13(9)11-8-6-4-2/h3-8H2,1-2H3/q+1. The maximum absolute atomic E-state index is 10.9. The van der Waals surface area contributed by atoms with Crippen LogP contribution in [0.4, 0.5) is 0 Å². The Morgan fingerprint density at radius 3 is 2.31 bits per heavy atom. The Kier molecular flexibility index (Phi) is 10.0. The van der Waals surface area contributed by atoms with Gasteiger partial charge >= 0.3 is 8.25 Å². The van der Waals surface area contributed by atoms with Crippen LogP contribution in [0.15, 0.2) is 0 Å². The summed E-state index contributed by atoms with van der Waals surface area (Å²) in [4.78, 5) is 4.66. The zero-order chi connectivity index (χ0) is 9.94. The van der Waals surface area contributed by atoms with Gasteiger partial charge in [0.2, 0.25) is 0 Å². The highest BCUT2D eigenvalue weighted by Gasteiger charge is 2.21. The molecule has 0 aliphatic heterocycles. The van der Waals surface area contributed by atoms with Crippen LogP contribution in [0.25, 0.3) is 0 Å². The van der Waals surface area contributed by atoms with E-state index in [0.29, 0.717) is 13.2 Å². The van der Waals surface area contributed by atoms with Crippen LogP contribution in [0.5, 0.6) is 0 Å². The Labute approximate surface area is 80.4 Å². The molecular formula is C8H18O4P+. The van der Waals surface area contributed by atoms with Crippen molar-refractivity contribution < 1.29 is 18.7 Å². The molecule has 0 heterocycles. The maximum atomic E-state index is 10.9. The molecule has 0 N–H and O–H groups in total. The average molecular weight is 209 g/mol. The number of hydrogen-bond donors (Lipinski definition) is 0. The molecule has 4 nitrogen and oxygen atoms in total. The zero-order valence-electron chi connectivity index (χ0n) is 8.32. The summed E-state index contributed by atoms with van der Waals surface area (Å²) >= 11 is 0. The zero-order valence-corrected chi connectivity index (χ0v) is 9.22. The van der Waals surface area contributed by atoms with Crippen LogP contribution in [0.1, 0.15) is 39.5 Å². The van der Waals surface area contributed by atoms with Gasteiger partial charge in [-0.2, -0.15) is 4.89 Å². The Hall–Kier alpha value is -0.0200. The molecule has 1 unspecified atom stereocenters. The van der Waals surface area contributed by atoms with E-state index in [2.05, 4.69) is 9.56 Å². The van der Waals surface area contributed by atoms with Crippen LogP contribution in [-0.4, -0.2) is 13.2 Å². The molecule has 0 saturated heterocycles. The summed E-state index contributed by atoms with van der Waals surface area (Å²) in [5.41, 5.74) is 0. The van der Waals surface area contributed by atoms with Gasteiger partial charge in [0, 0.05) is 4.57 Å². The second-order valence-electron chi connectivity index (χ2n) is 2.66. The lowest BCUT2D eigenvalue weighted by atomic mass is 10.4. The Morgan fingerprint density at radius 2 is 1.69 bits per heavy atom. The number of rotatable bonds is 9. The minimum absolute atomic E-state index is 0.461. The van der Waals surface area contributed by atoms with Gasteiger partial charge in [0.1, 0.15) is 6.61 Å². The maximum Gasteiger partial charge on any atom is 0.728 e. The second kappa shape index (κ2) is 10.1. The van der Waals surface area contributed by atoms with Gasteiger partial charge in [-0.25, -0.2) is 0 Å². The predicted molar refractivity (Wildman–Crippen MR) is 50.4 cm³/mol. The van der Waals surface area contributed by atoms with E-state index in [4.69, 9.17) is 4.52 Å². The fourth-order valence-electron chi connectivity index (χ4n) is 0.589. The van der Waals surface area contributed by atoms with E-state index in [0.717, 1.165) is 25.7 Å². The van der Waals surface area contributed by atoms with Crippen molar-refractivity contribution in [1.82, 2.24) is 0 Å². The molecule has 1 atom stereocenters. The third kappa shape index (κ3) is 9.90. The minimum atomic E-state index is -2.08. The summed E-state index contributed by atoms with van der Waals surface area (Å²) in [5, 5.41) is 0. The lowest BCUT2D eigenvalue weighted by Crippen LogP contribution is -1.92. The largest absolute Gasteiger partial charge is 0.728 e. The molecule has 0 aromatic rings. The van der Waals surface area contributed by atoms with Crippen molar-refractivity contribution in [2.75, 3.05) is 13.2 Å². The number of hydrogen-bond acceptors (Lipinski definition) is 4. The van der Waals surface area contributed by atoms with Crippen molar-refractivity contribution in [3.05, 3.63) is 0 Å². The molecule has 0 aliphatic carbocycles. The van der Waals surface area contributed by atoms with Crippen LogP contribution in [0.2, 0.25) is 0 Å². The van der Waals surface area contributed by atoms with E-state index in [1.807, 2.05) is 13.8 Å². The predicted octanol–water partition coefficient (Wildman–Crippen LogP) is 3.21. The summed E-state index contributed by atoms with van der Waals surface area (Å²) in [5.74, 6) is 0. The molecule has 13 heavy (non-hydrogen) atoms. The van der Waals surface area contributed by atoms with E-state index in [1.165, 1.54) is 0 Å². The van der Waals surface area contributed by atoms with Gasteiger partial charge in [-0.3, -0.25) is 0 Å². The van der Waals surface area contributed by atoms with Crippen LogP contribution in [-0.2, 0) is 18.7 Å². The monoisotopic (exact) mass is 209 g/mol. The molecule has 0 saturated carbocycles. The highest BCUT2D eigenvalue weighted by molar-refractivity contribution is 7.33. The summed E-state index contributed by atoms with van der Waals surface area (Å²) in [6, 6.07) is 0. The van der Waals surface area contributed by atoms with E-state index in [1.54, 1.807) is 0 Å². The Morgan fingerprint density at radius 1 is 1.08 bits per heavy atom. The van der Waals surface area contributed by atoms with Gasteiger partial charge in [-0.05, 0) is 12.8 Å². The average Bonchev–Trinajstić information content (AvgIpc) is 2.13. The van der Waals surface area contributed by atoms with Crippen LogP contribution >= 0.6 is 8.25 Å². The van der Waals surface area contributed by atoms with Crippen molar-refractivity contribution in [2.45, 2.75) is 39.5 Å². The first-order valence-electron chi connectivity index (χ1n) is 4.71. The summed E-state index contributed by atoms with van der Waals surface area (Å²) in [6.07, 6.45) is 3.83. The Balaban J connectivity index is 3.11. The second-order valence-corrected chi connectivity index (χ2v) is 3.51. The molecule has 0 fully saturated rings. The summed E-state index contributed by atoms with van der Waals surface area (Å²) < 4.78 is 20.2. The van der Waals surface area contributed by atoms with Gasteiger partial charge < -0.3 is 0 Å². The lowest BCUT2D eigenvalue weighted by molar-refractivity contribution is -0.210. The number of unbranched alkanes of at least 4 members (excludes halogenated alkanes) is 2. The van der Waals surface area contributed by atoms with Crippen LogP contribution in [0, 0.1) is 0 Å². The highest BCUT2D eigenvalue weighted by atomic mass is 31.1. The first-order valence-corrected chi connectivity index (χ1v) is 5.80. The van der Waals surface area contributed by atoms with Crippen molar-refractivity contribution in [2.24, 2.45) is 0 Å². The van der Waals surface area contributed by atoms with E-state index in [-0.39, 0.29) is 0 Å². The molecule has 0 spiro atoms. The minimum Gasteiger partial charge on any atom is -0.187 e. The quantitative estimate of drug-likeness (QED) is 0.253. The molecule has 0 bridgehead atoms. The lowest BCUT2D eigenvalue weighted by Gasteiger charge is -1.91. The molecule has 0 amide bonds. The van der Waals surface area contributed by atoms with Gasteiger partial charge in [0.15, 0.2) is 0 Å². The first-order chi connectivity index (χ1) is 6.31. The van der Waals surface area contributed by atoms with Crippen LogP contribution in [0.3, 0.4) is 0 Å². The van der Waals surface area contributed by atoms with Gasteiger partial charge in [-0.1, -0.05) is 26.7 Å². The van der Waals surface area contributed by atoms with Gasteiger partial charge in [0.25, 0.3) is 0 Å². The SMILES string of the molecule is CCCCOO[P+](=O)OCCCC. The molecule has 0 aromatic heterocycles. The topological polar surface area (TPSA) is 44.8 Å². The third-order valence-corrected chi connectivity index (χ3v) is 2.01. The molecule has 0 aliphatic rings. The molecule has 78 valence electrons. The Bertz CT molecular complexity index is 129. The summed E-state index contributed by atoms with van der Waals surface area (Å²) in [7, 11) is -2.08. The third-order valence-electron chi connectivity index (χ3n) is 1.39. The van der Waals surface area contributed by atoms with Crippen molar-refractivity contribution >= 4 is 8.25 Å². The molecular weight excluding hydrogens is 191 g/mol. The fraction of sp³-hybridized carbons (Fsp3) is 1.00. The van der Waals surface area contributed by atoms with Crippen molar-refractivity contribution in [3.8, 4) is 0 Å². The highest BCUT2D eigenvalue weighted by Crippen LogP contribution is 2.24. The van der Waals surface area contributed by atoms with Gasteiger partial charge in [-0.15, -0.1) is 4.52 Å². The molecule has 0 radical (unpaired) electrons. The molecule has 0 aromatic carbocycles. The van der Waals surface area contributed by atoms with Crippen LogP contribution < -0.4 is 0 Å². The molecule has 0 rings (SSSR count).